The highest BCUT2D eigenvalue weighted by atomic mass is 16.2. The molecule has 0 bridgehead atoms. The maximum atomic E-state index is 13.3. The third-order valence-electron chi connectivity index (χ3n) is 8.33. The van der Waals surface area contributed by atoms with E-state index >= 15 is 0 Å². The molecule has 202 valence electrons. The van der Waals surface area contributed by atoms with Gasteiger partial charge >= 0.3 is 0 Å². The molecule has 0 saturated carbocycles. The van der Waals surface area contributed by atoms with E-state index in [2.05, 4.69) is 16.8 Å². The number of imide groups is 1. The molecule has 1 atom stereocenters. The van der Waals surface area contributed by atoms with Gasteiger partial charge in [0.2, 0.25) is 5.91 Å². The molecule has 2 aliphatic rings. The number of nitrogens with two attached hydrogens (primary N) is 1. The number of fused-ring (bicyclic) bond motifs is 1. The predicted octanol–water partition coefficient (Wildman–Crippen LogP) is 3.40. The van der Waals surface area contributed by atoms with Gasteiger partial charge in [-0.25, -0.2) is 0 Å². The lowest BCUT2D eigenvalue weighted by atomic mass is 9.64. The third kappa shape index (κ3) is 5.12. The van der Waals surface area contributed by atoms with Gasteiger partial charge in [-0.2, -0.15) is 0 Å². The van der Waals surface area contributed by atoms with Crippen molar-refractivity contribution in [3.8, 4) is 0 Å². The molecule has 3 amide bonds. The number of amides is 3. The number of likely N-dealkylation sites (N-methyl/N-ethyl adjacent to an activating group) is 1. The summed E-state index contributed by atoms with van der Waals surface area (Å²) in [5.41, 5.74) is 8.23. The van der Waals surface area contributed by atoms with Gasteiger partial charge in [-0.15, -0.1) is 0 Å². The summed E-state index contributed by atoms with van der Waals surface area (Å²) in [5.74, 6) is -0.636. The summed E-state index contributed by atoms with van der Waals surface area (Å²) in [6.07, 6.45) is 1.60. The number of hydrogen-bond acceptors (Lipinski definition) is 5. The highest BCUT2D eigenvalue weighted by molar-refractivity contribution is 6.21. The van der Waals surface area contributed by atoms with Crippen molar-refractivity contribution in [3.05, 3.63) is 107 Å². The van der Waals surface area contributed by atoms with Crippen LogP contribution in [-0.4, -0.2) is 78.7 Å². The molecule has 2 heterocycles. The summed E-state index contributed by atoms with van der Waals surface area (Å²) in [6, 6.07) is 26.9. The molecule has 3 aromatic carbocycles. The van der Waals surface area contributed by atoms with Crippen LogP contribution in [0.3, 0.4) is 0 Å². The van der Waals surface area contributed by atoms with Crippen molar-refractivity contribution in [2.75, 3.05) is 46.3 Å². The van der Waals surface area contributed by atoms with Crippen molar-refractivity contribution in [1.82, 2.24) is 14.7 Å². The molecule has 0 aromatic heterocycles. The van der Waals surface area contributed by atoms with Gasteiger partial charge in [0.25, 0.3) is 11.8 Å². The fourth-order valence-corrected chi connectivity index (χ4v) is 6.28. The van der Waals surface area contributed by atoms with Gasteiger partial charge in [-0.1, -0.05) is 72.8 Å². The van der Waals surface area contributed by atoms with Crippen LogP contribution >= 0.6 is 0 Å². The molecule has 39 heavy (non-hydrogen) atoms. The Balaban J connectivity index is 1.18. The summed E-state index contributed by atoms with van der Waals surface area (Å²) in [6.45, 7) is 4.62. The quantitative estimate of drug-likeness (QED) is 0.389. The van der Waals surface area contributed by atoms with Crippen LogP contribution in [0, 0.1) is 5.92 Å². The predicted molar refractivity (Wildman–Crippen MR) is 151 cm³/mol. The molecular weight excluding hydrogens is 488 g/mol. The molecule has 1 saturated heterocycles. The molecule has 7 heteroatoms. The zero-order valence-corrected chi connectivity index (χ0v) is 22.5. The van der Waals surface area contributed by atoms with Gasteiger partial charge in [0, 0.05) is 26.2 Å². The van der Waals surface area contributed by atoms with E-state index in [1.165, 1.54) is 4.90 Å². The van der Waals surface area contributed by atoms with Crippen molar-refractivity contribution < 1.29 is 14.4 Å². The maximum Gasteiger partial charge on any atom is 0.261 e. The van der Waals surface area contributed by atoms with Crippen molar-refractivity contribution in [2.45, 2.75) is 18.3 Å². The Morgan fingerprint density at radius 2 is 1.38 bits per heavy atom. The topological polar surface area (TPSA) is 87.0 Å². The number of primary amides is 1. The molecule has 0 unspecified atom stereocenters. The normalized spacial score (nSPS) is 17.7. The molecule has 2 aliphatic heterocycles. The highest BCUT2D eigenvalue weighted by Gasteiger charge is 2.49. The summed E-state index contributed by atoms with van der Waals surface area (Å²) in [4.78, 5) is 44.5. The van der Waals surface area contributed by atoms with Crippen LogP contribution < -0.4 is 5.73 Å². The number of benzene rings is 3. The first-order valence-corrected chi connectivity index (χ1v) is 13.7. The van der Waals surface area contributed by atoms with Crippen LogP contribution in [0.1, 0.15) is 44.7 Å². The highest BCUT2D eigenvalue weighted by Crippen LogP contribution is 2.43. The standard InChI is InChI=1S/C32H36N4O3/c1-34(18-10-19-36-29(37)27-15-8-9-16-28(27)30(36)38)21-22-35-20-17-26(23-35)32(31(33)39,24-11-4-2-5-12-24)25-13-6-3-7-14-25/h2-9,11-16,26H,10,17-23H2,1H3,(H2,33,39)/t26-/m1/s1. The van der Waals surface area contributed by atoms with Gasteiger partial charge in [-0.3, -0.25) is 19.3 Å². The number of likely N-dealkylation sites (tertiary alicyclic amines) is 1. The summed E-state index contributed by atoms with van der Waals surface area (Å²) < 4.78 is 0. The fraction of sp³-hybridized carbons (Fsp3) is 0.344. The van der Waals surface area contributed by atoms with Crippen molar-refractivity contribution >= 4 is 17.7 Å². The minimum Gasteiger partial charge on any atom is -0.369 e. The number of rotatable bonds is 11. The minimum atomic E-state index is -0.879. The number of carbonyl (C=O) groups excluding carboxylic acids is 3. The van der Waals surface area contributed by atoms with Crippen LogP contribution in [0.25, 0.3) is 0 Å². The Kier molecular flexibility index (Phi) is 7.91. The average Bonchev–Trinajstić information content (AvgIpc) is 3.52. The molecule has 7 nitrogen and oxygen atoms in total. The average molecular weight is 525 g/mol. The first-order valence-electron chi connectivity index (χ1n) is 13.7. The molecule has 3 aromatic rings. The van der Waals surface area contributed by atoms with Gasteiger partial charge in [-0.05, 0) is 62.2 Å². The van der Waals surface area contributed by atoms with Crippen LogP contribution in [0.2, 0.25) is 0 Å². The smallest absolute Gasteiger partial charge is 0.261 e. The van der Waals surface area contributed by atoms with Crippen molar-refractivity contribution in [2.24, 2.45) is 11.7 Å². The molecular formula is C32H36N4O3. The van der Waals surface area contributed by atoms with Crippen LogP contribution in [-0.2, 0) is 10.2 Å². The van der Waals surface area contributed by atoms with E-state index in [-0.39, 0.29) is 23.6 Å². The van der Waals surface area contributed by atoms with E-state index in [1.54, 1.807) is 24.3 Å². The van der Waals surface area contributed by atoms with Crippen molar-refractivity contribution in [3.63, 3.8) is 0 Å². The SMILES string of the molecule is CN(CCCN1C(=O)c2ccccc2C1=O)CCN1CC[C@@H](C(C(N)=O)(c2ccccc2)c2ccccc2)C1. The van der Waals surface area contributed by atoms with E-state index in [1.807, 2.05) is 60.7 Å². The Hall–Kier alpha value is -3.81. The Morgan fingerprint density at radius 3 is 1.92 bits per heavy atom. The zero-order chi connectivity index (χ0) is 27.4. The molecule has 0 spiro atoms. The van der Waals surface area contributed by atoms with Gasteiger partial charge in [0.05, 0.1) is 11.1 Å². The van der Waals surface area contributed by atoms with Crippen LogP contribution in [0.4, 0.5) is 0 Å². The largest absolute Gasteiger partial charge is 0.369 e. The van der Waals surface area contributed by atoms with Crippen molar-refractivity contribution in [1.29, 1.82) is 0 Å². The van der Waals surface area contributed by atoms with E-state index < -0.39 is 5.41 Å². The number of nitrogens with zero attached hydrogens (tertiary/aromatic N) is 3. The second kappa shape index (κ2) is 11.5. The Morgan fingerprint density at radius 1 is 0.846 bits per heavy atom. The monoisotopic (exact) mass is 524 g/mol. The van der Waals surface area contributed by atoms with E-state index in [4.69, 9.17) is 5.73 Å². The summed E-state index contributed by atoms with van der Waals surface area (Å²) in [7, 11) is 2.07. The zero-order valence-electron chi connectivity index (χ0n) is 22.5. The summed E-state index contributed by atoms with van der Waals surface area (Å²) >= 11 is 0. The Bertz CT molecular complexity index is 1250. The maximum absolute atomic E-state index is 13.3. The second-order valence-corrected chi connectivity index (χ2v) is 10.7. The van der Waals surface area contributed by atoms with Gasteiger partial charge in [0.15, 0.2) is 0 Å². The van der Waals surface area contributed by atoms with Gasteiger partial charge in [0.1, 0.15) is 5.41 Å². The second-order valence-electron chi connectivity index (χ2n) is 10.7. The lowest BCUT2D eigenvalue weighted by Crippen LogP contribution is -2.49. The minimum absolute atomic E-state index is 0.0685. The fourth-order valence-electron chi connectivity index (χ4n) is 6.28. The molecule has 0 aliphatic carbocycles. The first-order chi connectivity index (χ1) is 18.9. The molecule has 5 rings (SSSR count). The summed E-state index contributed by atoms with van der Waals surface area (Å²) in [5, 5.41) is 0. The molecule has 2 N–H and O–H groups in total. The first kappa shape index (κ1) is 26.8. The van der Waals surface area contributed by atoms with Crippen LogP contribution in [0.5, 0.6) is 0 Å². The third-order valence-corrected chi connectivity index (χ3v) is 8.33. The molecule has 0 radical (unpaired) electrons. The number of carbonyl (C=O) groups is 3. The van der Waals surface area contributed by atoms with E-state index in [0.29, 0.717) is 17.7 Å². The number of hydrogen-bond donors (Lipinski definition) is 1. The van der Waals surface area contributed by atoms with E-state index in [9.17, 15) is 14.4 Å². The van der Waals surface area contributed by atoms with E-state index in [0.717, 1.165) is 56.7 Å². The molecule has 1 fully saturated rings. The lowest BCUT2D eigenvalue weighted by Gasteiger charge is -2.37. The van der Waals surface area contributed by atoms with Crippen LogP contribution in [0.15, 0.2) is 84.9 Å². The van der Waals surface area contributed by atoms with Gasteiger partial charge < -0.3 is 15.5 Å². The Labute approximate surface area is 230 Å². The lowest BCUT2D eigenvalue weighted by molar-refractivity contribution is -0.123.